The molecule has 0 nitrogen and oxygen atoms in total. The minimum Gasteiger partial charge on any atom is -0.323 e. The fourth-order valence-electron chi connectivity index (χ4n) is 0.340. The van der Waals surface area contributed by atoms with E-state index in [1.165, 1.54) is 5.92 Å². The molecule has 0 saturated carbocycles. The second-order valence-corrected chi connectivity index (χ2v) is 3.25. The SMILES string of the molecule is C=CCCl.C[C-](C)C.[C-]1=CC=CC1.[Hf]. The number of hydrogen-bond donors (Lipinski definition) is 0. The Morgan fingerprint density at radius 2 is 1.93 bits per heavy atom. The van der Waals surface area contributed by atoms with E-state index in [0.29, 0.717) is 5.88 Å². The number of halogens is 1. The minimum atomic E-state index is 0. The maximum absolute atomic E-state index is 5.07. The predicted octanol–water partition coefficient (Wildman–Crippen LogP) is 4.33. The van der Waals surface area contributed by atoms with Gasteiger partial charge in [0.05, 0.1) is 0 Å². The van der Waals surface area contributed by atoms with Gasteiger partial charge >= 0.3 is 0 Å². The molecule has 0 bridgehead atoms. The van der Waals surface area contributed by atoms with Gasteiger partial charge < -0.3 is 5.92 Å². The average Bonchev–Trinajstić information content (AvgIpc) is 2.59. The van der Waals surface area contributed by atoms with E-state index in [0.717, 1.165) is 6.42 Å². The van der Waals surface area contributed by atoms with Crippen molar-refractivity contribution < 1.29 is 25.8 Å². The van der Waals surface area contributed by atoms with E-state index in [1.807, 2.05) is 12.2 Å². The molecule has 0 aromatic heterocycles. The van der Waals surface area contributed by atoms with Crippen LogP contribution < -0.4 is 0 Å². The maximum atomic E-state index is 5.07. The molecule has 1 aliphatic rings. The van der Waals surface area contributed by atoms with Crippen molar-refractivity contribution in [1.82, 2.24) is 0 Å². The van der Waals surface area contributed by atoms with Gasteiger partial charge in [0.1, 0.15) is 0 Å². The van der Waals surface area contributed by atoms with Gasteiger partial charge in [0.2, 0.25) is 0 Å². The fraction of sp³-hybridized carbons (Fsp3) is 0.417. The summed E-state index contributed by atoms with van der Waals surface area (Å²) >= 11 is 5.07. The van der Waals surface area contributed by atoms with E-state index in [-0.39, 0.29) is 25.8 Å². The summed E-state index contributed by atoms with van der Waals surface area (Å²) in [6, 6.07) is 0. The van der Waals surface area contributed by atoms with Gasteiger partial charge in [0, 0.05) is 31.7 Å². The second-order valence-electron chi connectivity index (χ2n) is 2.95. The molecular weight excluding hydrogens is 358 g/mol. The van der Waals surface area contributed by atoms with Gasteiger partial charge in [-0.3, -0.25) is 6.08 Å². The van der Waals surface area contributed by atoms with Crippen LogP contribution in [0.4, 0.5) is 0 Å². The normalized spacial score (nSPS) is 10.6. The Labute approximate surface area is 113 Å². The molecule has 0 atom stereocenters. The third-order valence-corrected chi connectivity index (χ3v) is 0.913. The van der Waals surface area contributed by atoms with Crippen LogP contribution in [0.25, 0.3) is 0 Å². The number of hydrogen-bond acceptors (Lipinski definition) is 0. The van der Waals surface area contributed by atoms with Crippen molar-refractivity contribution in [2.24, 2.45) is 0 Å². The summed E-state index contributed by atoms with van der Waals surface area (Å²) in [5.41, 5.74) is 0. The predicted molar refractivity (Wildman–Crippen MR) is 62.8 cm³/mol. The molecular formula is C12H19ClHf-2. The van der Waals surface area contributed by atoms with Crippen molar-refractivity contribution in [3.8, 4) is 0 Å². The summed E-state index contributed by atoms with van der Waals surface area (Å²) in [7, 11) is 0. The van der Waals surface area contributed by atoms with Crippen molar-refractivity contribution >= 4 is 11.6 Å². The summed E-state index contributed by atoms with van der Waals surface area (Å²) in [6.45, 7) is 9.60. The Balaban J connectivity index is -0.000000127. The first-order valence-corrected chi connectivity index (χ1v) is 4.84. The van der Waals surface area contributed by atoms with Crippen molar-refractivity contribution in [3.63, 3.8) is 0 Å². The molecule has 0 heterocycles. The largest absolute Gasteiger partial charge is 0.323 e. The van der Waals surface area contributed by atoms with Crippen LogP contribution in [0.5, 0.6) is 0 Å². The molecule has 1 aliphatic carbocycles. The molecule has 0 aliphatic heterocycles. The van der Waals surface area contributed by atoms with E-state index < -0.39 is 0 Å². The van der Waals surface area contributed by atoms with Crippen LogP contribution in [-0.4, -0.2) is 5.88 Å². The molecule has 0 aromatic carbocycles. The van der Waals surface area contributed by atoms with Crippen LogP contribution in [0.1, 0.15) is 27.2 Å². The van der Waals surface area contributed by atoms with Crippen LogP contribution in [0.15, 0.2) is 30.9 Å². The monoisotopic (exact) mass is 378 g/mol. The van der Waals surface area contributed by atoms with Gasteiger partial charge in [-0.05, 0) is 0 Å². The van der Waals surface area contributed by atoms with Crippen LogP contribution in [0.2, 0.25) is 0 Å². The first-order chi connectivity index (χ1) is 6.15. The van der Waals surface area contributed by atoms with Gasteiger partial charge in [-0.1, -0.05) is 6.08 Å². The zero-order valence-electron chi connectivity index (χ0n) is 9.31. The summed E-state index contributed by atoms with van der Waals surface area (Å²) in [6.07, 6.45) is 11.6. The van der Waals surface area contributed by atoms with Gasteiger partial charge in [0.25, 0.3) is 0 Å². The Morgan fingerprint density at radius 3 is 2.00 bits per heavy atom. The smallest absolute Gasteiger partial charge is 0.0401 e. The molecule has 0 saturated heterocycles. The molecule has 0 spiro atoms. The zero-order valence-corrected chi connectivity index (χ0v) is 13.7. The number of allylic oxidation sites excluding steroid dienone is 5. The van der Waals surface area contributed by atoms with Gasteiger partial charge in [0.15, 0.2) is 0 Å². The summed E-state index contributed by atoms with van der Waals surface area (Å²) in [5, 5.41) is 0. The van der Waals surface area contributed by atoms with Crippen molar-refractivity contribution in [1.29, 1.82) is 0 Å². The average molecular weight is 377 g/mol. The molecule has 14 heavy (non-hydrogen) atoms. The molecule has 0 unspecified atom stereocenters. The quantitative estimate of drug-likeness (QED) is 0.276. The topological polar surface area (TPSA) is 0 Å². The molecule has 0 N–H and O–H groups in total. The zero-order chi connectivity index (χ0) is 10.5. The van der Waals surface area contributed by atoms with Gasteiger partial charge in [-0.25, -0.2) is 12.2 Å². The Kier molecular flexibility index (Phi) is 27.0. The molecule has 2 heteroatoms. The third kappa shape index (κ3) is 39.4. The van der Waals surface area contributed by atoms with Gasteiger partial charge in [-0.2, -0.15) is 26.8 Å². The Hall–Kier alpha value is 0.380. The van der Waals surface area contributed by atoms with E-state index in [1.54, 1.807) is 6.08 Å². The Bertz CT molecular complexity index is 136. The minimum absolute atomic E-state index is 0. The molecule has 0 aromatic rings. The number of alkyl halides is 1. The van der Waals surface area contributed by atoms with E-state index in [4.69, 9.17) is 11.6 Å². The van der Waals surface area contributed by atoms with Crippen molar-refractivity contribution in [2.75, 3.05) is 5.88 Å². The van der Waals surface area contributed by atoms with Crippen molar-refractivity contribution in [2.45, 2.75) is 27.2 Å². The first kappa shape index (κ1) is 19.9. The van der Waals surface area contributed by atoms with Crippen LogP contribution in [-0.2, 0) is 25.8 Å². The van der Waals surface area contributed by atoms with Crippen molar-refractivity contribution in [3.05, 3.63) is 42.9 Å². The standard InChI is InChI=1S/C5H5.C4H9.C3H5Cl.Hf/c1-2-4-5-3-1;1-4(2)3;1-2-3-4;/h1-3H,4H2;1-3H3;2H,1,3H2;/q2*-1;;. The summed E-state index contributed by atoms with van der Waals surface area (Å²) < 4.78 is 0. The summed E-state index contributed by atoms with van der Waals surface area (Å²) in [5.74, 6) is 1.97. The molecule has 0 fully saturated rings. The maximum Gasteiger partial charge on any atom is 0.0401 e. The van der Waals surface area contributed by atoms with E-state index in [2.05, 4.69) is 39.5 Å². The van der Waals surface area contributed by atoms with E-state index >= 15 is 0 Å². The number of rotatable bonds is 1. The van der Waals surface area contributed by atoms with Crippen LogP contribution >= 0.6 is 11.6 Å². The molecule has 0 amide bonds. The third-order valence-electron chi connectivity index (χ3n) is 0.695. The second kappa shape index (κ2) is 19.0. The van der Waals surface area contributed by atoms with Gasteiger partial charge in [-0.15, -0.1) is 24.6 Å². The Morgan fingerprint density at radius 1 is 1.50 bits per heavy atom. The van der Waals surface area contributed by atoms with E-state index in [9.17, 15) is 0 Å². The van der Waals surface area contributed by atoms with Crippen LogP contribution in [0.3, 0.4) is 0 Å². The first-order valence-electron chi connectivity index (χ1n) is 4.30. The van der Waals surface area contributed by atoms with Crippen LogP contribution in [0, 0.1) is 12.0 Å². The molecule has 80 valence electrons. The molecule has 1 rings (SSSR count). The molecule has 0 radical (unpaired) electrons. The summed E-state index contributed by atoms with van der Waals surface area (Å²) in [4.78, 5) is 0. The fourth-order valence-corrected chi connectivity index (χ4v) is 0.340.